The first-order valence-electron chi connectivity index (χ1n) is 9.69. The number of fused-ring (bicyclic) bond motifs is 1. The Labute approximate surface area is 185 Å². The molecule has 0 N–H and O–H groups in total. The highest BCUT2D eigenvalue weighted by atomic mass is 35.5. The van der Waals surface area contributed by atoms with Gasteiger partial charge < -0.3 is 9.64 Å². The van der Waals surface area contributed by atoms with Gasteiger partial charge in [-0.2, -0.15) is 5.26 Å². The van der Waals surface area contributed by atoms with E-state index in [-0.39, 0.29) is 5.91 Å². The van der Waals surface area contributed by atoms with E-state index in [4.69, 9.17) is 26.6 Å². The van der Waals surface area contributed by atoms with Crippen molar-refractivity contribution in [3.63, 3.8) is 0 Å². The molecule has 6 nitrogen and oxygen atoms in total. The summed E-state index contributed by atoms with van der Waals surface area (Å²) in [6.45, 7) is 7.19. The van der Waals surface area contributed by atoms with Crippen LogP contribution >= 0.6 is 22.9 Å². The van der Waals surface area contributed by atoms with Gasteiger partial charge >= 0.3 is 0 Å². The summed E-state index contributed by atoms with van der Waals surface area (Å²) in [5.74, 6) is 0.451. The number of benzene rings is 2. The standard InChI is InChI=1S/C22H23ClN4O2S/c1-4-26(5-2)12-13-27(21(28)16-8-6-15(14-24)7-9-16)22-25-19-18(29-3)11-10-17(23)20(19)30-22/h6-11H,4-5,12-13H2,1-3H3. The Morgan fingerprint density at radius 1 is 1.17 bits per heavy atom. The Morgan fingerprint density at radius 3 is 2.47 bits per heavy atom. The Balaban J connectivity index is 2.02. The number of carbonyl (C=O) groups is 1. The lowest BCUT2D eigenvalue weighted by molar-refractivity contribution is 0.0984. The highest BCUT2D eigenvalue weighted by molar-refractivity contribution is 7.23. The first kappa shape index (κ1) is 22.0. The summed E-state index contributed by atoms with van der Waals surface area (Å²) >= 11 is 7.75. The highest BCUT2D eigenvalue weighted by Gasteiger charge is 2.23. The molecule has 0 bridgehead atoms. The summed E-state index contributed by atoms with van der Waals surface area (Å²) in [6.07, 6.45) is 0. The normalized spacial score (nSPS) is 10.9. The van der Waals surface area contributed by atoms with E-state index in [0.717, 1.165) is 24.3 Å². The number of hydrogen-bond donors (Lipinski definition) is 0. The molecular weight excluding hydrogens is 420 g/mol. The number of rotatable bonds is 8. The first-order chi connectivity index (χ1) is 14.5. The van der Waals surface area contributed by atoms with E-state index in [1.165, 1.54) is 11.3 Å². The second-order valence-corrected chi connectivity index (χ2v) is 7.98. The van der Waals surface area contributed by atoms with Crippen LogP contribution in [-0.4, -0.2) is 49.1 Å². The van der Waals surface area contributed by atoms with Crippen molar-refractivity contribution in [2.45, 2.75) is 13.8 Å². The van der Waals surface area contributed by atoms with Crippen LogP contribution in [0.1, 0.15) is 29.8 Å². The number of likely N-dealkylation sites (N-methyl/N-ethyl adjacent to an activating group) is 1. The molecule has 0 atom stereocenters. The summed E-state index contributed by atoms with van der Waals surface area (Å²) in [6, 6.07) is 12.3. The first-order valence-corrected chi connectivity index (χ1v) is 10.9. The molecular formula is C22H23ClN4O2S. The number of halogens is 1. The van der Waals surface area contributed by atoms with E-state index in [9.17, 15) is 4.79 Å². The monoisotopic (exact) mass is 442 g/mol. The van der Waals surface area contributed by atoms with Gasteiger partial charge in [0.1, 0.15) is 11.3 Å². The SMILES string of the molecule is CCN(CC)CCN(C(=O)c1ccc(C#N)cc1)c1nc2c(OC)ccc(Cl)c2s1. The predicted octanol–water partition coefficient (Wildman–Crippen LogP) is 4.82. The summed E-state index contributed by atoms with van der Waals surface area (Å²) in [7, 11) is 1.59. The van der Waals surface area contributed by atoms with Gasteiger partial charge in [-0.25, -0.2) is 4.98 Å². The Kier molecular flexibility index (Phi) is 7.27. The third kappa shape index (κ3) is 4.57. The van der Waals surface area contributed by atoms with Crippen molar-refractivity contribution >= 4 is 44.2 Å². The van der Waals surface area contributed by atoms with Crippen LogP contribution in [0.5, 0.6) is 5.75 Å². The average molecular weight is 443 g/mol. The molecule has 156 valence electrons. The van der Waals surface area contributed by atoms with Crippen molar-refractivity contribution in [3.05, 3.63) is 52.5 Å². The molecule has 1 amide bonds. The molecule has 0 spiro atoms. The van der Waals surface area contributed by atoms with Crippen LogP contribution in [0, 0.1) is 11.3 Å². The molecule has 2 aromatic carbocycles. The van der Waals surface area contributed by atoms with Gasteiger partial charge in [-0.05, 0) is 49.5 Å². The highest BCUT2D eigenvalue weighted by Crippen LogP contribution is 2.39. The zero-order valence-corrected chi connectivity index (χ0v) is 18.8. The van der Waals surface area contributed by atoms with Crippen molar-refractivity contribution in [2.24, 2.45) is 0 Å². The minimum absolute atomic E-state index is 0.166. The third-order valence-corrected chi connectivity index (χ3v) is 6.48. The van der Waals surface area contributed by atoms with Gasteiger partial charge in [0.25, 0.3) is 5.91 Å². The zero-order valence-electron chi connectivity index (χ0n) is 17.2. The molecule has 3 rings (SSSR count). The maximum absolute atomic E-state index is 13.4. The Bertz CT molecular complexity index is 1070. The van der Waals surface area contributed by atoms with Crippen LogP contribution in [0.15, 0.2) is 36.4 Å². The van der Waals surface area contributed by atoms with E-state index in [2.05, 4.69) is 24.8 Å². The minimum atomic E-state index is -0.166. The molecule has 0 aliphatic heterocycles. The number of hydrogen-bond acceptors (Lipinski definition) is 6. The second kappa shape index (κ2) is 9.90. The molecule has 0 unspecified atom stereocenters. The topological polar surface area (TPSA) is 69.5 Å². The largest absolute Gasteiger partial charge is 0.494 e. The number of carbonyl (C=O) groups excluding carboxylic acids is 1. The van der Waals surface area contributed by atoms with E-state index in [1.807, 2.05) is 0 Å². The number of nitriles is 1. The summed E-state index contributed by atoms with van der Waals surface area (Å²) in [5, 5.41) is 10.2. The molecule has 0 saturated carbocycles. The van der Waals surface area contributed by atoms with E-state index in [0.29, 0.717) is 39.1 Å². The summed E-state index contributed by atoms with van der Waals surface area (Å²) < 4.78 is 6.21. The van der Waals surface area contributed by atoms with Gasteiger partial charge in [0.05, 0.1) is 28.5 Å². The lowest BCUT2D eigenvalue weighted by atomic mass is 10.1. The maximum atomic E-state index is 13.4. The molecule has 0 saturated heterocycles. The maximum Gasteiger partial charge on any atom is 0.260 e. The van der Waals surface area contributed by atoms with Gasteiger partial charge in [0, 0.05) is 18.7 Å². The van der Waals surface area contributed by atoms with Crippen LogP contribution in [0.4, 0.5) is 5.13 Å². The lowest BCUT2D eigenvalue weighted by Gasteiger charge is -2.24. The molecule has 30 heavy (non-hydrogen) atoms. The van der Waals surface area contributed by atoms with E-state index in [1.54, 1.807) is 48.4 Å². The van der Waals surface area contributed by atoms with Crippen molar-refractivity contribution < 1.29 is 9.53 Å². The molecule has 1 aromatic heterocycles. The molecule has 0 fully saturated rings. The van der Waals surface area contributed by atoms with E-state index < -0.39 is 0 Å². The lowest BCUT2D eigenvalue weighted by Crippen LogP contribution is -2.38. The molecule has 1 heterocycles. The molecule has 0 radical (unpaired) electrons. The molecule has 3 aromatic rings. The van der Waals surface area contributed by atoms with Crippen molar-refractivity contribution in [1.82, 2.24) is 9.88 Å². The number of ether oxygens (including phenoxy) is 1. The number of amides is 1. The fraction of sp³-hybridized carbons (Fsp3) is 0.318. The number of thiazole rings is 1. The molecule has 0 aliphatic rings. The number of aromatic nitrogens is 1. The van der Waals surface area contributed by atoms with E-state index >= 15 is 0 Å². The quantitative estimate of drug-likeness (QED) is 0.500. The Hall–Kier alpha value is -2.66. The second-order valence-electron chi connectivity index (χ2n) is 6.60. The number of nitrogens with zero attached hydrogens (tertiary/aromatic N) is 4. The van der Waals surface area contributed by atoms with Crippen LogP contribution in [-0.2, 0) is 0 Å². The van der Waals surface area contributed by atoms with Gasteiger partial charge in [-0.15, -0.1) is 0 Å². The van der Waals surface area contributed by atoms with Crippen LogP contribution < -0.4 is 9.64 Å². The smallest absolute Gasteiger partial charge is 0.260 e. The fourth-order valence-corrected chi connectivity index (χ4v) is 4.41. The molecule has 8 heteroatoms. The van der Waals surface area contributed by atoms with Crippen molar-refractivity contribution in [3.8, 4) is 11.8 Å². The average Bonchev–Trinajstić information content (AvgIpc) is 3.23. The predicted molar refractivity (Wildman–Crippen MR) is 122 cm³/mol. The van der Waals surface area contributed by atoms with Crippen LogP contribution in [0.3, 0.4) is 0 Å². The number of anilines is 1. The van der Waals surface area contributed by atoms with Gasteiger partial charge in [-0.1, -0.05) is 36.8 Å². The minimum Gasteiger partial charge on any atom is -0.494 e. The van der Waals surface area contributed by atoms with Crippen LogP contribution in [0.25, 0.3) is 10.2 Å². The van der Waals surface area contributed by atoms with Gasteiger partial charge in [-0.3, -0.25) is 9.69 Å². The zero-order chi connectivity index (χ0) is 21.7. The summed E-state index contributed by atoms with van der Waals surface area (Å²) in [4.78, 5) is 22.0. The van der Waals surface area contributed by atoms with Crippen molar-refractivity contribution in [1.29, 1.82) is 5.26 Å². The summed E-state index contributed by atoms with van der Waals surface area (Å²) in [5.41, 5.74) is 1.66. The van der Waals surface area contributed by atoms with Gasteiger partial charge in [0.2, 0.25) is 0 Å². The third-order valence-electron chi connectivity index (χ3n) is 4.94. The van der Waals surface area contributed by atoms with Crippen LogP contribution in [0.2, 0.25) is 5.02 Å². The number of methoxy groups -OCH3 is 1. The molecule has 0 aliphatic carbocycles. The van der Waals surface area contributed by atoms with Gasteiger partial charge in [0.15, 0.2) is 5.13 Å². The van der Waals surface area contributed by atoms with Crippen molar-refractivity contribution in [2.75, 3.05) is 38.2 Å². The fourth-order valence-electron chi connectivity index (χ4n) is 3.13. The Morgan fingerprint density at radius 2 is 1.87 bits per heavy atom.